The number of rotatable bonds is 37. The molecule has 0 aromatic rings. The predicted octanol–water partition coefficient (Wildman–Crippen LogP) is 10.00. The van der Waals surface area contributed by atoms with Gasteiger partial charge < -0.3 is 24.6 Å². The van der Waals surface area contributed by atoms with Gasteiger partial charge in [-0.1, -0.05) is 140 Å². The maximum absolute atomic E-state index is 12.6. The summed E-state index contributed by atoms with van der Waals surface area (Å²) in [6.45, 7) is 2.30. The molecule has 0 heterocycles. The molecule has 0 rings (SSSR count). The van der Waals surface area contributed by atoms with Gasteiger partial charge in [0.2, 0.25) is 0 Å². The van der Waals surface area contributed by atoms with Crippen LogP contribution in [-0.2, 0) is 32.7 Å². The first-order valence-electron chi connectivity index (χ1n) is 19.9. The van der Waals surface area contributed by atoms with E-state index in [1.165, 1.54) is 77.0 Å². The zero-order valence-corrected chi connectivity index (χ0v) is 33.0. The Hall–Kier alpha value is -1.81. The Morgan fingerprint density at radius 1 is 0.588 bits per heavy atom. The fraction of sp³-hybridized carbons (Fsp3) is 0.800. The van der Waals surface area contributed by atoms with Gasteiger partial charge in [-0.25, -0.2) is 4.57 Å². The second-order valence-corrected chi connectivity index (χ2v) is 14.8. The molecule has 298 valence electrons. The first-order valence-corrected chi connectivity index (χ1v) is 21.4. The molecule has 1 unspecified atom stereocenters. The zero-order valence-electron chi connectivity index (χ0n) is 32.1. The molecule has 0 aliphatic carbocycles. The number of carbonyl (C=O) groups excluding carboxylic acids is 2. The van der Waals surface area contributed by atoms with Crippen LogP contribution in [0.1, 0.15) is 168 Å². The predicted molar refractivity (Wildman–Crippen MR) is 205 cm³/mol. The van der Waals surface area contributed by atoms with Crippen LogP contribution in [0.4, 0.5) is 0 Å². The maximum atomic E-state index is 12.6. The van der Waals surface area contributed by atoms with Crippen molar-refractivity contribution in [2.24, 2.45) is 0 Å². The first kappa shape index (κ1) is 49.2. The van der Waals surface area contributed by atoms with E-state index >= 15 is 0 Å². The molecule has 0 aromatic carbocycles. The minimum atomic E-state index is -4.62. The quantitative estimate of drug-likeness (QED) is 0.0243. The summed E-state index contributed by atoms with van der Waals surface area (Å²) in [7, 11) is -4.62. The Labute approximate surface area is 310 Å². The lowest BCUT2D eigenvalue weighted by Gasteiger charge is -2.20. The zero-order chi connectivity index (χ0) is 37.7. The second kappa shape index (κ2) is 36.5. The van der Waals surface area contributed by atoms with Crippen molar-refractivity contribution >= 4 is 19.8 Å². The Kier molecular flexibility index (Phi) is 35.2. The van der Waals surface area contributed by atoms with Gasteiger partial charge in [0, 0.05) is 12.8 Å². The standard InChI is InChI=1S/C40H73O10P/c1-3-5-7-9-11-13-15-17-18-20-21-23-25-27-29-31-39(43)47-35-38(36-49-51(45,46)48-34-37(42)33-41)50-40(44)32-30-28-26-24-22-19-16-14-12-10-8-6-4-2/h11,13,17-18,21,23,37-38,41-42H,3-10,12,14-16,19-20,22,24-36H2,1-2H3,(H,45,46)/b13-11+,18-17+,23-21+/t37-,38+/m0/s1. The molecule has 3 N–H and O–H groups in total. The maximum Gasteiger partial charge on any atom is 0.472 e. The van der Waals surface area contributed by atoms with Crippen LogP contribution in [0.25, 0.3) is 0 Å². The van der Waals surface area contributed by atoms with Crippen molar-refractivity contribution in [3.63, 3.8) is 0 Å². The molecule has 10 nitrogen and oxygen atoms in total. The van der Waals surface area contributed by atoms with Crippen LogP contribution in [0.3, 0.4) is 0 Å². The number of aliphatic hydroxyl groups is 2. The molecular formula is C40H73O10P. The SMILES string of the molecule is CCCCC/C=C/C/C=C/C/C=C/CCCCC(=O)OC[C@H](COP(=O)(O)OC[C@@H](O)CO)OC(=O)CCCCCCCCCCCCCCC. The number of phosphoric ester groups is 1. The van der Waals surface area contributed by atoms with Crippen molar-refractivity contribution in [2.75, 3.05) is 26.4 Å². The monoisotopic (exact) mass is 744 g/mol. The number of carbonyl (C=O) groups is 2. The lowest BCUT2D eigenvalue weighted by Crippen LogP contribution is -2.29. The summed E-state index contributed by atoms with van der Waals surface area (Å²) in [6, 6.07) is 0. The fourth-order valence-corrected chi connectivity index (χ4v) is 5.96. The normalized spacial score (nSPS) is 14.4. The lowest BCUT2D eigenvalue weighted by atomic mass is 10.0. The van der Waals surface area contributed by atoms with Crippen molar-refractivity contribution < 1.29 is 47.8 Å². The highest BCUT2D eigenvalue weighted by atomic mass is 31.2. The van der Waals surface area contributed by atoms with Gasteiger partial charge in [0.25, 0.3) is 0 Å². The third-order valence-electron chi connectivity index (χ3n) is 8.30. The van der Waals surface area contributed by atoms with Gasteiger partial charge in [0.05, 0.1) is 19.8 Å². The summed E-state index contributed by atoms with van der Waals surface area (Å²) in [5, 5.41) is 18.3. The van der Waals surface area contributed by atoms with Gasteiger partial charge in [-0.2, -0.15) is 0 Å². The van der Waals surface area contributed by atoms with Crippen LogP contribution in [0.15, 0.2) is 36.5 Å². The number of esters is 2. The van der Waals surface area contributed by atoms with Gasteiger partial charge in [-0.05, 0) is 51.4 Å². The number of aliphatic hydroxyl groups excluding tert-OH is 2. The van der Waals surface area contributed by atoms with Crippen LogP contribution in [0.5, 0.6) is 0 Å². The highest BCUT2D eigenvalue weighted by Crippen LogP contribution is 2.43. The molecule has 0 radical (unpaired) electrons. The van der Waals surface area contributed by atoms with Gasteiger partial charge in [0.1, 0.15) is 12.7 Å². The molecule has 0 saturated carbocycles. The molecule has 0 saturated heterocycles. The second-order valence-electron chi connectivity index (χ2n) is 13.3. The number of phosphoric acid groups is 1. The van der Waals surface area contributed by atoms with E-state index in [4.69, 9.17) is 19.1 Å². The van der Waals surface area contributed by atoms with Crippen molar-refractivity contribution in [3.05, 3.63) is 36.5 Å². The average molecular weight is 745 g/mol. The summed E-state index contributed by atoms with van der Waals surface area (Å²) in [6.07, 6.45) is 35.4. The molecular weight excluding hydrogens is 671 g/mol. The van der Waals surface area contributed by atoms with Gasteiger partial charge >= 0.3 is 19.8 Å². The third kappa shape index (κ3) is 36.3. The summed E-state index contributed by atoms with van der Waals surface area (Å²) in [5.74, 6) is -0.968. The Balaban J connectivity index is 4.41. The van der Waals surface area contributed by atoms with Crippen molar-refractivity contribution in [1.82, 2.24) is 0 Å². The van der Waals surface area contributed by atoms with Crippen LogP contribution >= 0.6 is 7.82 Å². The topological polar surface area (TPSA) is 149 Å². The molecule has 0 amide bonds. The van der Waals surface area contributed by atoms with Crippen LogP contribution in [-0.4, -0.2) is 65.7 Å². The number of ether oxygens (including phenoxy) is 2. The molecule has 0 aliphatic rings. The molecule has 3 atom stereocenters. The molecule has 11 heteroatoms. The van der Waals surface area contributed by atoms with E-state index in [0.29, 0.717) is 12.8 Å². The van der Waals surface area contributed by atoms with Crippen molar-refractivity contribution in [2.45, 2.75) is 180 Å². The summed E-state index contributed by atoms with van der Waals surface area (Å²) in [4.78, 5) is 34.8. The van der Waals surface area contributed by atoms with E-state index in [-0.39, 0.29) is 19.4 Å². The summed E-state index contributed by atoms with van der Waals surface area (Å²) >= 11 is 0. The molecule has 0 aromatic heterocycles. The van der Waals surface area contributed by atoms with Gasteiger partial charge in [-0.3, -0.25) is 18.6 Å². The van der Waals surface area contributed by atoms with Crippen LogP contribution in [0, 0.1) is 0 Å². The van der Waals surface area contributed by atoms with Gasteiger partial charge in [-0.15, -0.1) is 0 Å². The van der Waals surface area contributed by atoms with E-state index in [1.807, 2.05) is 0 Å². The molecule has 0 fully saturated rings. The average Bonchev–Trinajstić information content (AvgIpc) is 3.12. The van der Waals surface area contributed by atoms with E-state index in [9.17, 15) is 24.2 Å². The van der Waals surface area contributed by atoms with Gasteiger partial charge in [0.15, 0.2) is 6.10 Å². The van der Waals surface area contributed by atoms with E-state index in [1.54, 1.807) is 0 Å². The minimum absolute atomic E-state index is 0.178. The van der Waals surface area contributed by atoms with Crippen molar-refractivity contribution in [1.29, 1.82) is 0 Å². The fourth-order valence-electron chi connectivity index (χ4n) is 5.18. The Morgan fingerprint density at radius 3 is 1.57 bits per heavy atom. The Morgan fingerprint density at radius 2 is 1.02 bits per heavy atom. The number of unbranched alkanes of at least 4 members (excludes halogenated alkanes) is 17. The number of hydrogen-bond acceptors (Lipinski definition) is 9. The van der Waals surface area contributed by atoms with E-state index in [0.717, 1.165) is 51.4 Å². The minimum Gasteiger partial charge on any atom is -0.462 e. The Bertz CT molecular complexity index is 952. The van der Waals surface area contributed by atoms with E-state index in [2.05, 4.69) is 54.8 Å². The highest BCUT2D eigenvalue weighted by molar-refractivity contribution is 7.47. The summed E-state index contributed by atoms with van der Waals surface area (Å²) in [5.41, 5.74) is 0. The number of allylic oxidation sites excluding steroid dienone is 6. The lowest BCUT2D eigenvalue weighted by molar-refractivity contribution is -0.161. The summed E-state index contributed by atoms with van der Waals surface area (Å²) < 4.78 is 32.6. The first-order chi connectivity index (χ1) is 24.7. The molecule has 0 bridgehead atoms. The van der Waals surface area contributed by atoms with Crippen LogP contribution < -0.4 is 0 Å². The number of hydrogen-bond donors (Lipinski definition) is 3. The van der Waals surface area contributed by atoms with E-state index < -0.39 is 51.8 Å². The third-order valence-corrected chi connectivity index (χ3v) is 9.25. The smallest absolute Gasteiger partial charge is 0.462 e. The molecule has 0 spiro atoms. The van der Waals surface area contributed by atoms with Crippen LogP contribution in [0.2, 0.25) is 0 Å². The highest BCUT2D eigenvalue weighted by Gasteiger charge is 2.27. The molecule has 51 heavy (non-hydrogen) atoms. The van der Waals surface area contributed by atoms with Crippen molar-refractivity contribution in [3.8, 4) is 0 Å². The largest absolute Gasteiger partial charge is 0.472 e. The molecule has 0 aliphatic heterocycles.